The lowest BCUT2D eigenvalue weighted by atomic mass is 10.1. The molecule has 0 aliphatic heterocycles. The third-order valence-corrected chi connectivity index (χ3v) is 3.98. The zero-order valence-electron chi connectivity index (χ0n) is 11.0. The Hall–Kier alpha value is -2.33. The molecule has 0 aliphatic rings. The maximum atomic E-state index is 5.91. The number of nitrogens with zero attached hydrogens (tertiary/aromatic N) is 1. The minimum atomic E-state index is 0.560. The van der Waals surface area contributed by atoms with Gasteiger partial charge < -0.3 is 10.5 Å². The second kappa shape index (κ2) is 5.35. The van der Waals surface area contributed by atoms with E-state index in [-0.39, 0.29) is 0 Å². The van der Waals surface area contributed by atoms with E-state index in [1.165, 1.54) is 11.3 Å². The Kier molecular flexibility index (Phi) is 3.39. The number of aromatic nitrogens is 1. The monoisotopic (exact) mass is 282 g/mol. The average Bonchev–Trinajstić information content (AvgIpc) is 2.90. The first-order valence-corrected chi connectivity index (χ1v) is 7.06. The van der Waals surface area contributed by atoms with Gasteiger partial charge in [0.2, 0.25) is 0 Å². The lowest BCUT2D eigenvalue weighted by Crippen LogP contribution is -1.89. The standard InChI is InChI=1S/C16H14N2OS/c1-19-13-10-6-5-9-12(13)14-15(20-16(17)18-14)11-7-3-2-4-8-11/h2-10H,1H3,(H2,17,18). The molecule has 2 N–H and O–H groups in total. The van der Waals surface area contributed by atoms with E-state index in [0.717, 1.165) is 27.4 Å². The van der Waals surface area contributed by atoms with Gasteiger partial charge in [-0.3, -0.25) is 0 Å². The summed E-state index contributed by atoms with van der Waals surface area (Å²) in [5, 5.41) is 0.560. The van der Waals surface area contributed by atoms with Crippen LogP contribution >= 0.6 is 11.3 Å². The van der Waals surface area contributed by atoms with Gasteiger partial charge in [-0.1, -0.05) is 53.8 Å². The number of rotatable bonds is 3. The van der Waals surface area contributed by atoms with Gasteiger partial charge in [0.05, 0.1) is 17.7 Å². The molecule has 0 saturated carbocycles. The van der Waals surface area contributed by atoms with Gasteiger partial charge in [0.15, 0.2) is 5.13 Å². The van der Waals surface area contributed by atoms with Crippen molar-refractivity contribution in [3.63, 3.8) is 0 Å². The zero-order chi connectivity index (χ0) is 13.9. The molecule has 20 heavy (non-hydrogen) atoms. The molecule has 0 atom stereocenters. The summed E-state index contributed by atoms with van der Waals surface area (Å²) >= 11 is 1.49. The normalized spacial score (nSPS) is 10.4. The molecule has 3 nitrogen and oxygen atoms in total. The van der Waals surface area contributed by atoms with Crippen LogP contribution in [0.1, 0.15) is 0 Å². The molecule has 3 aromatic rings. The summed E-state index contributed by atoms with van der Waals surface area (Å²) in [7, 11) is 1.66. The van der Waals surface area contributed by atoms with Crippen LogP contribution in [0.3, 0.4) is 0 Å². The van der Waals surface area contributed by atoms with Gasteiger partial charge in [-0.15, -0.1) is 0 Å². The quantitative estimate of drug-likeness (QED) is 0.787. The summed E-state index contributed by atoms with van der Waals surface area (Å²) in [5.74, 6) is 0.801. The molecular weight excluding hydrogens is 268 g/mol. The number of thiazole rings is 1. The fourth-order valence-corrected chi connectivity index (χ4v) is 3.00. The maximum Gasteiger partial charge on any atom is 0.181 e. The van der Waals surface area contributed by atoms with Crippen molar-refractivity contribution in [2.24, 2.45) is 0 Å². The highest BCUT2D eigenvalue weighted by atomic mass is 32.1. The Bertz CT molecular complexity index is 722. The molecule has 100 valence electrons. The first-order valence-electron chi connectivity index (χ1n) is 6.24. The van der Waals surface area contributed by atoms with E-state index >= 15 is 0 Å². The highest BCUT2D eigenvalue weighted by Gasteiger charge is 2.16. The van der Waals surface area contributed by atoms with E-state index in [0.29, 0.717) is 5.13 Å². The fraction of sp³-hybridized carbons (Fsp3) is 0.0625. The van der Waals surface area contributed by atoms with Crippen LogP contribution in [0.2, 0.25) is 0 Å². The Morgan fingerprint density at radius 2 is 1.70 bits per heavy atom. The van der Waals surface area contributed by atoms with Crippen LogP contribution in [-0.2, 0) is 0 Å². The van der Waals surface area contributed by atoms with E-state index in [9.17, 15) is 0 Å². The van der Waals surface area contributed by atoms with E-state index in [2.05, 4.69) is 17.1 Å². The number of nitrogen functional groups attached to an aromatic ring is 1. The second-order valence-electron chi connectivity index (χ2n) is 4.30. The number of nitrogens with two attached hydrogens (primary N) is 1. The van der Waals surface area contributed by atoms with Crippen LogP contribution in [0.4, 0.5) is 5.13 Å². The molecule has 0 radical (unpaired) electrons. The average molecular weight is 282 g/mol. The third-order valence-electron chi connectivity index (χ3n) is 3.04. The van der Waals surface area contributed by atoms with E-state index in [1.54, 1.807) is 7.11 Å². The zero-order valence-corrected chi connectivity index (χ0v) is 11.9. The van der Waals surface area contributed by atoms with Gasteiger partial charge in [0, 0.05) is 5.56 Å². The first kappa shape index (κ1) is 12.7. The van der Waals surface area contributed by atoms with Gasteiger partial charge in [-0.2, -0.15) is 0 Å². The Labute approximate surface area is 121 Å². The van der Waals surface area contributed by atoms with Crippen molar-refractivity contribution in [2.45, 2.75) is 0 Å². The molecular formula is C16H14N2OS. The van der Waals surface area contributed by atoms with Crippen LogP contribution in [-0.4, -0.2) is 12.1 Å². The predicted octanol–water partition coefficient (Wildman–Crippen LogP) is 4.07. The fourth-order valence-electron chi connectivity index (χ4n) is 2.14. The predicted molar refractivity (Wildman–Crippen MR) is 84.0 cm³/mol. The number of hydrogen-bond donors (Lipinski definition) is 1. The second-order valence-corrected chi connectivity index (χ2v) is 5.33. The van der Waals surface area contributed by atoms with E-state index < -0.39 is 0 Å². The number of methoxy groups -OCH3 is 1. The van der Waals surface area contributed by atoms with Crippen LogP contribution in [0, 0.1) is 0 Å². The van der Waals surface area contributed by atoms with Gasteiger partial charge in [-0.25, -0.2) is 4.98 Å². The van der Waals surface area contributed by atoms with Crippen molar-refractivity contribution in [1.82, 2.24) is 4.98 Å². The smallest absolute Gasteiger partial charge is 0.181 e. The topological polar surface area (TPSA) is 48.1 Å². The SMILES string of the molecule is COc1ccccc1-c1nc(N)sc1-c1ccccc1. The molecule has 0 aliphatic carbocycles. The van der Waals surface area contributed by atoms with Crippen LogP contribution in [0.5, 0.6) is 5.75 Å². The van der Waals surface area contributed by atoms with Gasteiger partial charge in [0.1, 0.15) is 5.75 Å². The minimum Gasteiger partial charge on any atom is -0.496 e. The molecule has 0 bridgehead atoms. The molecule has 0 saturated heterocycles. The highest BCUT2D eigenvalue weighted by molar-refractivity contribution is 7.19. The molecule has 3 rings (SSSR count). The molecule has 0 amide bonds. The van der Waals surface area contributed by atoms with Crippen LogP contribution in [0.25, 0.3) is 21.7 Å². The molecule has 1 aromatic heterocycles. The molecule has 0 spiro atoms. The van der Waals surface area contributed by atoms with Gasteiger partial charge in [-0.05, 0) is 17.7 Å². The van der Waals surface area contributed by atoms with Crippen molar-refractivity contribution >= 4 is 16.5 Å². The Morgan fingerprint density at radius 3 is 2.45 bits per heavy atom. The molecule has 0 fully saturated rings. The van der Waals surface area contributed by atoms with Crippen molar-refractivity contribution in [3.05, 3.63) is 54.6 Å². The molecule has 1 heterocycles. The summed E-state index contributed by atoms with van der Waals surface area (Å²) in [6, 6.07) is 18.0. The Morgan fingerprint density at radius 1 is 1.00 bits per heavy atom. The van der Waals surface area contributed by atoms with E-state index in [4.69, 9.17) is 10.5 Å². The number of anilines is 1. The number of benzene rings is 2. The highest BCUT2D eigenvalue weighted by Crippen LogP contribution is 2.40. The molecule has 0 unspecified atom stereocenters. The summed E-state index contributed by atoms with van der Waals surface area (Å²) in [6.07, 6.45) is 0. The largest absolute Gasteiger partial charge is 0.496 e. The first-order chi connectivity index (χ1) is 9.79. The van der Waals surface area contributed by atoms with Crippen LogP contribution in [0.15, 0.2) is 54.6 Å². The van der Waals surface area contributed by atoms with Crippen molar-refractivity contribution in [2.75, 3.05) is 12.8 Å². The van der Waals surface area contributed by atoms with Gasteiger partial charge in [0.25, 0.3) is 0 Å². The maximum absolute atomic E-state index is 5.91. The van der Waals surface area contributed by atoms with E-state index in [1.807, 2.05) is 42.5 Å². The Balaban J connectivity index is 2.20. The molecule has 2 aromatic carbocycles. The van der Waals surface area contributed by atoms with Crippen molar-refractivity contribution in [1.29, 1.82) is 0 Å². The minimum absolute atomic E-state index is 0.560. The summed E-state index contributed by atoms with van der Waals surface area (Å²) < 4.78 is 5.42. The molecule has 4 heteroatoms. The number of ether oxygens (including phenoxy) is 1. The summed E-state index contributed by atoms with van der Waals surface area (Å²) in [6.45, 7) is 0. The lowest BCUT2D eigenvalue weighted by molar-refractivity contribution is 0.416. The number of hydrogen-bond acceptors (Lipinski definition) is 4. The third kappa shape index (κ3) is 2.26. The van der Waals surface area contributed by atoms with Crippen molar-refractivity contribution < 1.29 is 4.74 Å². The lowest BCUT2D eigenvalue weighted by Gasteiger charge is -2.07. The van der Waals surface area contributed by atoms with Crippen molar-refractivity contribution in [3.8, 4) is 27.4 Å². The number of para-hydroxylation sites is 1. The van der Waals surface area contributed by atoms with Crippen LogP contribution < -0.4 is 10.5 Å². The van der Waals surface area contributed by atoms with Gasteiger partial charge >= 0.3 is 0 Å². The summed E-state index contributed by atoms with van der Waals surface area (Å²) in [5.41, 5.74) is 8.86. The summed E-state index contributed by atoms with van der Waals surface area (Å²) in [4.78, 5) is 5.54.